The molecule has 24 heavy (non-hydrogen) atoms. The van der Waals surface area contributed by atoms with Crippen molar-refractivity contribution in [2.24, 2.45) is 0 Å². The summed E-state index contributed by atoms with van der Waals surface area (Å²) in [5.74, 6) is 0.834. The van der Waals surface area contributed by atoms with Gasteiger partial charge in [-0.25, -0.2) is 9.97 Å². The van der Waals surface area contributed by atoms with Gasteiger partial charge in [0.2, 0.25) is 11.1 Å². The molecule has 0 spiro atoms. The number of benzene rings is 1. The van der Waals surface area contributed by atoms with Crippen molar-refractivity contribution in [3.8, 4) is 11.4 Å². The lowest BCUT2D eigenvalue weighted by Crippen LogP contribution is -2.13. The van der Waals surface area contributed by atoms with Crippen molar-refractivity contribution < 1.29 is 4.79 Å². The number of thiazole rings is 1. The number of carbonyl (C=O) groups excluding carboxylic acids is 1. The molecule has 0 atom stereocenters. The zero-order chi connectivity index (χ0) is 17.1. The monoisotopic (exact) mass is 359 g/mol. The molecule has 0 aliphatic rings. The highest BCUT2D eigenvalue weighted by Crippen LogP contribution is 2.23. The third kappa shape index (κ3) is 3.82. The molecule has 8 heteroatoms. The quantitative estimate of drug-likeness (QED) is 0.680. The minimum Gasteiger partial charge on any atom is -0.301 e. The number of aromatic amines is 1. The van der Waals surface area contributed by atoms with Crippen molar-refractivity contribution >= 4 is 34.1 Å². The van der Waals surface area contributed by atoms with Crippen LogP contribution < -0.4 is 5.32 Å². The van der Waals surface area contributed by atoms with Crippen LogP contribution in [0.1, 0.15) is 16.1 Å². The summed E-state index contributed by atoms with van der Waals surface area (Å²) in [7, 11) is 0. The van der Waals surface area contributed by atoms with Crippen LogP contribution in [0.4, 0.5) is 5.13 Å². The molecular formula is C16H17N5OS2. The number of hydrogen-bond donors (Lipinski definition) is 2. The van der Waals surface area contributed by atoms with Gasteiger partial charge in [-0.1, -0.05) is 36.0 Å². The number of amides is 1. The second-order valence-corrected chi connectivity index (χ2v) is 7.42. The van der Waals surface area contributed by atoms with Crippen LogP contribution in [0, 0.1) is 20.8 Å². The van der Waals surface area contributed by atoms with Crippen molar-refractivity contribution in [1.82, 2.24) is 20.2 Å². The highest BCUT2D eigenvalue weighted by atomic mass is 32.2. The number of rotatable bonds is 5. The summed E-state index contributed by atoms with van der Waals surface area (Å²) in [6.07, 6.45) is 0. The molecule has 0 saturated carbocycles. The molecule has 0 fully saturated rings. The van der Waals surface area contributed by atoms with E-state index < -0.39 is 0 Å². The Kier molecular flexibility index (Phi) is 4.96. The van der Waals surface area contributed by atoms with E-state index in [1.807, 2.05) is 45.0 Å². The Morgan fingerprint density at radius 2 is 2.04 bits per heavy atom. The van der Waals surface area contributed by atoms with E-state index in [2.05, 4.69) is 25.5 Å². The third-order valence-electron chi connectivity index (χ3n) is 3.47. The number of carbonyl (C=O) groups is 1. The summed E-state index contributed by atoms with van der Waals surface area (Å²) in [5.41, 5.74) is 3.08. The van der Waals surface area contributed by atoms with Gasteiger partial charge in [-0.05, 0) is 26.3 Å². The van der Waals surface area contributed by atoms with Crippen molar-refractivity contribution in [3.63, 3.8) is 0 Å². The molecular weight excluding hydrogens is 342 g/mol. The second-order valence-electron chi connectivity index (χ2n) is 5.28. The van der Waals surface area contributed by atoms with Crippen LogP contribution in [0.3, 0.4) is 0 Å². The van der Waals surface area contributed by atoms with E-state index in [1.54, 1.807) is 0 Å². The number of nitrogens with zero attached hydrogens (tertiary/aromatic N) is 3. The highest BCUT2D eigenvalue weighted by Gasteiger charge is 2.12. The molecule has 3 rings (SSSR count). The first kappa shape index (κ1) is 16.7. The molecule has 1 amide bonds. The molecule has 2 N–H and O–H groups in total. The van der Waals surface area contributed by atoms with Crippen LogP contribution >= 0.6 is 23.1 Å². The first-order chi connectivity index (χ1) is 11.5. The van der Waals surface area contributed by atoms with Crippen molar-refractivity contribution in [2.45, 2.75) is 25.9 Å². The van der Waals surface area contributed by atoms with Crippen molar-refractivity contribution in [2.75, 3.05) is 11.1 Å². The highest BCUT2D eigenvalue weighted by molar-refractivity contribution is 7.99. The number of thioether (sulfide) groups is 1. The molecule has 1 aromatic carbocycles. The summed E-state index contributed by atoms with van der Waals surface area (Å²) >= 11 is 2.77. The maximum Gasteiger partial charge on any atom is 0.236 e. The number of anilines is 1. The largest absolute Gasteiger partial charge is 0.301 e. The standard InChI is InChI=1S/C16H17N5OS2/c1-9-6-4-5-7-12(9)14-19-16(21-20-14)23-8-13(22)18-15-17-10(2)11(3)24-15/h4-7H,8H2,1-3H3,(H,17,18,22)(H,19,20,21). The van der Waals surface area contributed by atoms with E-state index in [0.29, 0.717) is 16.1 Å². The SMILES string of the molecule is Cc1ccccc1-c1nc(SCC(=O)Nc2nc(C)c(C)s2)n[nH]1. The summed E-state index contributed by atoms with van der Waals surface area (Å²) < 4.78 is 0. The summed E-state index contributed by atoms with van der Waals surface area (Å²) in [6.45, 7) is 5.94. The molecule has 0 aliphatic heterocycles. The zero-order valence-electron chi connectivity index (χ0n) is 13.6. The van der Waals surface area contributed by atoms with Crippen molar-refractivity contribution in [1.29, 1.82) is 0 Å². The molecule has 2 aromatic heterocycles. The van der Waals surface area contributed by atoms with Crippen LogP contribution in [0.25, 0.3) is 11.4 Å². The first-order valence-electron chi connectivity index (χ1n) is 7.38. The third-order valence-corrected chi connectivity index (χ3v) is 5.31. The zero-order valence-corrected chi connectivity index (χ0v) is 15.2. The number of hydrogen-bond acceptors (Lipinski definition) is 6. The molecule has 0 aliphatic carbocycles. The number of aromatic nitrogens is 4. The summed E-state index contributed by atoms with van der Waals surface area (Å²) in [4.78, 5) is 21.9. The van der Waals surface area contributed by atoms with Gasteiger partial charge in [0.1, 0.15) is 0 Å². The van der Waals surface area contributed by atoms with Crippen LogP contribution in [-0.2, 0) is 4.79 Å². The normalized spacial score (nSPS) is 10.8. The average Bonchev–Trinajstić information content (AvgIpc) is 3.13. The predicted molar refractivity (Wildman–Crippen MR) is 97.5 cm³/mol. The predicted octanol–water partition coefficient (Wildman–Crippen LogP) is 3.58. The smallest absolute Gasteiger partial charge is 0.236 e. The van der Waals surface area contributed by atoms with Gasteiger partial charge in [0.05, 0.1) is 11.4 Å². The van der Waals surface area contributed by atoms with E-state index in [9.17, 15) is 4.79 Å². The fourth-order valence-electron chi connectivity index (χ4n) is 2.08. The fraction of sp³-hybridized carbons (Fsp3) is 0.250. The maximum absolute atomic E-state index is 12.0. The first-order valence-corrected chi connectivity index (χ1v) is 9.18. The molecule has 124 valence electrons. The average molecular weight is 359 g/mol. The molecule has 0 unspecified atom stereocenters. The van der Waals surface area contributed by atoms with E-state index in [0.717, 1.165) is 21.7 Å². The second kappa shape index (κ2) is 7.14. The van der Waals surface area contributed by atoms with E-state index in [-0.39, 0.29) is 11.7 Å². The van der Waals surface area contributed by atoms with Gasteiger partial charge < -0.3 is 5.32 Å². The number of aryl methyl sites for hydroxylation is 3. The lowest BCUT2D eigenvalue weighted by molar-refractivity contribution is -0.113. The number of H-pyrrole nitrogens is 1. The Morgan fingerprint density at radius 1 is 1.25 bits per heavy atom. The van der Waals surface area contributed by atoms with E-state index in [1.165, 1.54) is 23.1 Å². The van der Waals surface area contributed by atoms with Gasteiger partial charge in [-0.15, -0.1) is 16.4 Å². The lowest BCUT2D eigenvalue weighted by Gasteiger charge is -2.00. The molecule has 0 radical (unpaired) electrons. The summed E-state index contributed by atoms with van der Waals surface area (Å²) in [5, 5.41) is 11.1. The fourth-order valence-corrected chi connectivity index (χ4v) is 3.51. The Morgan fingerprint density at radius 3 is 2.75 bits per heavy atom. The molecule has 0 saturated heterocycles. The Labute approximate surface area is 148 Å². The minimum atomic E-state index is -0.115. The molecule has 6 nitrogen and oxygen atoms in total. The Hall–Kier alpha value is -2.19. The van der Waals surface area contributed by atoms with Gasteiger partial charge >= 0.3 is 0 Å². The number of nitrogens with one attached hydrogen (secondary N) is 2. The topological polar surface area (TPSA) is 83.6 Å². The van der Waals surface area contributed by atoms with Gasteiger partial charge in [0.15, 0.2) is 11.0 Å². The van der Waals surface area contributed by atoms with Crippen LogP contribution in [0.5, 0.6) is 0 Å². The van der Waals surface area contributed by atoms with Gasteiger partial charge in [-0.2, -0.15) is 0 Å². The Balaban J connectivity index is 1.59. The lowest BCUT2D eigenvalue weighted by atomic mass is 10.1. The van der Waals surface area contributed by atoms with Crippen LogP contribution in [0.15, 0.2) is 29.4 Å². The van der Waals surface area contributed by atoms with Crippen LogP contribution in [-0.4, -0.2) is 31.8 Å². The van der Waals surface area contributed by atoms with Gasteiger partial charge in [0, 0.05) is 10.4 Å². The molecule has 3 aromatic rings. The van der Waals surface area contributed by atoms with Crippen LogP contribution in [0.2, 0.25) is 0 Å². The van der Waals surface area contributed by atoms with Crippen molar-refractivity contribution in [3.05, 3.63) is 40.4 Å². The molecule has 0 bridgehead atoms. The maximum atomic E-state index is 12.0. The Bertz CT molecular complexity index is 851. The summed E-state index contributed by atoms with van der Waals surface area (Å²) in [6, 6.07) is 7.96. The van der Waals surface area contributed by atoms with Gasteiger partial charge in [0.25, 0.3) is 0 Å². The van der Waals surface area contributed by atoms with E-state index in [4.69, 9.17) is 0 Å². The minimum absolute atomic E-state index is 0.115. The van der Waals surface area contributed by atoms with Gasteiger partial charge in [-0.3, -0.25) is 9.89 Å². The molecule has 2 heterocycles. The van der Waals surface area contributed by atoms with E-state index >= 15 is 0 Å².